The van der Waals surface area contributed by atoms with E-state index in [2.05, 4.69) is 10.6 Å². The standard InChI is InChI=1S/C22H25N3O3/c1-16(26)24-20-11-5-9-18(13-20)22(28)25-12-6-10-19(15-25)21(27)23-14-17-7-3-2-4-8-17/h2-5,7-9,11,13,19H,6,10,12,14-15H2,1H3,(H,23,27)(H,24,26). The Morgan fingerprint density at radius 3 is 2.61 bits per heavy atom. The van der Waals surface area contributed by atoms with Crippen LogP contribution in [0.25, 0.3) is 0 Å². The average Bonchev–Trinajstić information content (AvgIpc) is 2.72. The van der Waals surface area contributed by atoms with Crippen molar-refractivity contribution in [2.45, 2.75) is 26.3 Å². The fourth-order valence-corrected chi connectivity index (χ4v) is 3.42. The van der Waals surface area contributed by atoms with E-state index in [9.17, 15) is 14.4 Å². The summed E-state index contributed by atoms with van der Waals surface area (Å²) >= 11 is 0. The first kappa shape index (κ1) is 19.6. The molecule has 1 saturated heterocycles. The molecule has 1 aliphatic rings. The van der Waals surface area contributed by atoms with Gasteiger partial charge in [-0.15, -0.1) is 0 Å². The molecule has 0 bridgehead atoms. The minimum atomic E-state index is -0.208. The summed E-state index contributed by atoms with van der Waals surface area (Å²) in [6.45, 7) is 2.95. The van der Waals surface area contributed by atoms with Crippen molar-refractivity contribution in [1.82, 2.24) is 10.2 Å². The second-order valence-electron chi connectivity index (χ2n) is 7.06. The first-order valence-electron chi connectivity index (χ1n) is 9.51. The van der Waals surface area contributed by atoms with Crippen LogP contribution < -0.4 is 10.6 Å². The lowest BCUT2D eigenvalue weighted by atomic mass is 9.96. The van der Waals surface area contributed by atoms with Crippen molar-refractivity contribution >= 4 is 23.4 Å². The van der Waals surface area contributed by atoms with Gasteiger partial charge in [-0.3, -0.25) is 14.4 Å². The summed E-state index contributed by atoms with van der Waals surface area (Å²) < 4.78 is 0. The molecular weight excluding hydrogens is 354 g/mol. The monoisotopic (exact) mass is 379 g/mol. The molecule has 0 radical (unpaired) electrons. The predicted molar refractivity (Wildman–Crippen MR) is 108 cm³/mol. The molecule has 1 atom stereocenters. The van der Waals surface area contributed by atoms with E-state index in [1.807, 2.05) is 30.3 Å². The Labute approximate surface area is 164 Å². The van der Waals surface area contributed by atoms with Crippen LogP contribution in [-0.4, -0.2) is 35.7 Å². The van der Waals surface area contributed by atoms with Gasteiger partial charge in [-0.05, 0) is 36.6 Å². The Morgan fingerprint density at radius 2 is 1.86 bits per heavy atom. The second kappa shape index (κ2) is 9.17. The van der Waals surface area contributed by atoms with E-state index >= 15 is 0 Å². The number of piperidine rings is 1. The summed E-state index contributed by atoms with van der Waals surface area (Å²) in [5.74, 6) is -0.529. The van der Waals surface area contributed by atoms with Gasteiger partial charge in [0.25, 0.3) is 5.91 Å². The van der Waals surface area contributed by atoms with Gasteiger partial charge in [0.15, 0.2) is 0 Å². The van der Waals surface area contributed by atoms with Crippen LogP contribution in [0, 0.1) is 5.92 Å². The number of amides is 3. The SMILES string of the molecule is CC(=O)Nc1cccc(C(=O)N2CCCC(C(=O)NCc3ccccc3)C2)c1. The zero-order valence-corrected chi connectivity index (χ0v) is 16.0. The molecule has 1 aliphatic heterocycles. The molecule has 0 saturated carbocycles. The Kier molecular flexibility index (Phi) is 6.42. The zero-order chi connectivity index (χ0) is 19.9. The maximum absolute atomic E-state index is 12.9. The highest BCUT2D eigenvalue weighted by Crippen LogP contribution is 2.20. The van der Waals surface area contributed by atoms with Gasteiger partial charge in [-0.1, -0.05) is 36.4 Å². The zero-order valence-electron chi connectivity index (χ0n) is 16.0. The second-order valence-corrected chi connectivity index (χ2v) is 7.06. The van der Waals surface area contributed by atoms with E-state index in [4.69, 9.17) is 0 Å². The van der Waals surface area contributed by atoms with E-state index in [0.29, 0.717) is 30.9 Å². The Hall–Kier alpha value is -3.15. The van der Waals surface area contributed by atoms with Gasteiger partial charge in [-0.25, -0.2) is 0 Å². The van der Waals surface area contributed by atoms with E-state index in [1.165, 1.54) is 6.92 Å². The average molecular weight is 379 g/mol. The molecule has 1 heterocycles. The maximum atomic E-state index is 12.9. The molecule has 3 rings (SSSR count). The number of carbonyl (C=O) groups excluding carboxylic acids is 3. The van der Waals surface area contributed by atoms with Crippen LogP contribution in [0.15, 0.2) is 54.6 Å². The molecular formula is C22H25N3O3. The van der Waals surface area contributed by atoms with Crippen molar-refractivity contribution in [2.75, 3.05) is 18.4 Å². The number of hydrogen-bond acceptors (Lipinski definition) is 3. The number of anilines is 1. The smallest absolute Gasteiger partial charge is 0.253 e. The van der Waals surface area contributed by atoms with E-state index in [0.717, 1.165) is 18.4 Å². The van der Waals surface area contributed by atoms with Crippen LogP contribution in [0.5, 0.6) is 0 Å². The highest BCUT2D eigenvalue weighted by molar-refractivity contribution is 5.97. The first-order valence-corrected chi connectivity index (χ1v) is 9.51. The molecule has 0 spiro atoms. The van der Waals surface area contributed by atoms with Crippen LogP contribution in [0.3, 0.4) is 0 Å². The highest BCUT2D eigenvalue weighted by atomic mass is 16.2. The highest BCUT2D eigenvalue weighted by Gasteiger charge is 2.28. The van der Waals surface area contributed by atoms with Gasteiger partial charge >= 0.3 is 0 Å². The Balaban J connectivity index is 1.60. The van der Waals surface area contributed by atoms with Gasteiger partial charge < -0.3 is 15.5 Å². The fraction of sp³-hybridized carbons (Fsp3) is 0.318. The van der Waals surface area contributed by atoms with E-state index in [-0.39, 0.29) is 23.6 Å². The molecule has 3 amide bonds. The quantitative estimate of drug-likeness (QED) is 0.838. The number of hydrogen-bond donors (Lipinski definition) is 2. The molecule has 6 nitrogen and oxygen atoms in total. The Bertz CT molecular complexity index is 851. The van der Waals surface area contributed by atoms with Crippen molar-refractivity contribution in [1.29, 1.82) is 0 Å². The van der Waals surface area contributed by atoms with E-state index < -0.39 is 0 Å². The molecule has 2 aromatic carbocycles. The largest absolute Gasteiger partial charge is 0.352 e. The van der Waals surface area contributed by atoms with Crippen molar-refractivity contribution < 1.29 is 14.4 Å². The van der Waals surface area contributed by atoms with Crippen molar-refractivity contribution in [3.05, 3.63) is 65.7 Å². The van der Waals surface area contributed by atoms with Crippen LogP contribution in [-0.2, 0) is 16.1 Å². The van der Waals surface area contributed by atoms with Crippen LogP contribution in [0.4, 0.5) is 5.69 Å². The van der Waals surface area contributed by atoms with Crippen LogP contribution in [0.1, 0.15) is 35.7 Å². The summed E-state index contributed by atoms with van der Waals surface area (Å²) in [5.41, 5.74) is 2.15. The summed E-state index contributed by atoms with van der Waals surface area (Å²) in [6, 6.07) is 16.7. The lowest BCUT2D eigenvalue weighted by Crippen LogP contribution is -2.45. The third-order valence-electron chi connectivity index (χ3n) is 4.82. The number of nitrogens with one attached hydrogen (secondary N) is 2. The normalized spacial score (nSPS) is 16.3. The minimum absolute atomic E-state index is 0.0200. The summed E-state index contributed by atoms with van der Waals surface area (Å²) in [6.07, 6.45) is 1.57. The molecule has 2 aromatic rings. The number of carbonyl (C=O) groups is 3. The van der Waals surface area contributed by atoms with Crippen LogP contribution in [0.2, 0.25) is 0 Å². The summed E-state index contributed by atoms with van der Waals surface area (Å²) in [5, 5.41) is 5.66. The van der Waals surface area contributed by atoms with Crippen molar-refractivity contribution in [3.8, 4) is 0 Å². The molecule has 2 N–H and O–H groups in total. The van der Waals surface area contributed by atoms with Crippen molar-refractivity contribution in [2.24, 2.45) is 5.92 Å². The minimum Gasteiger partial charge on any atom is -0.352 e. The number of rotatable bonds is 5. The Morgan fingerprint density at radius 1 is 1.07 bits per heavy atom. The third kappa shape index (κ3) is 5.19. The van der Waals surface area contributed by atoms with E-state index in [1.54, 1.807) is 29.2 Å². The topological polar surface area (TPSA) is 78.5 Å². The molecule has 146 valence electrons. The lowest BCUT2D eigenvalue weighted by molar-refractivity contribution is -0.126. The third-order valence-corrected chi connectivity index (χ3v) is 4.82. The molecule has 28 heavy (non-hydrogen) atoms. The molecule has 0 aliphatic carbocycles. The fourth-order valence-electron chi connectivity index (χ4n) is 3.42. The van der Waals surface area contributed by atoms with Gasteiger partial charge in [-0.2, -0.15) is 0 Å². The summed E-state index contributed by atoms with van der Waals surface area (Å²) in [4.78, 5) is 38.4. The van der Waals surface area contributed by atoms with Gasteiger partial charge in [0.2, 0.25) is 11.8 Å². The number of likely N-dealkylation sites (tertiary alicyclic amines) is 1. The van der Waals surface area contributed by atoms with Gasteiger partial charge in [0.1, 0.15) is 0 Å². The molecule has 1 fully saturated rings. The lowest BCUT2D eigenvalue weighted by Gasteiger charge is -2.32. The van der Waals surface area contributed by atoms with Gasteiger partial charge in [0.05, 0.1) is 5.92 Å². The predicted octanol–water partition coefficient (Wildman–Crippen LogP) is 2.81. The molecule has 0 aromatic heterocycles. The van der Waals surface area contributed by atoms with Crippen LogP contribution >= 0.6 is 0 Å². The number of nitrogens with zero attached hydrogens (tertiary/aromatic N) is 1. The molecule has 6 heteroatoms. The summed E-state index contributed by atoms with van der Waals surface area (Å²) in [7, 11) is 0. The van der Waals surface area contributed by atoms with Crippen molar-refractivity contribution in [3.63, 3.8) is 0 Å². The number of benzene rings is 2. The molecule has 1 unspecified atom stereocenters. The van der Waals surface area contributed by atoms with Gasteiger partial charge in [0, 0.05) is 37.8 Å². The maximum Gasteiger partial charge on any atom is 0.253 e. The first-order chi connectivity index (χ1) is 13.5.